The van der Waals surface area contributed by atoms with Crippen molar-refractivity contribution in [3.63, 3.8) is 0 Å². The number of hydrogen-bond acceptors (Lipinski definition) is 4. The van der Waals surface area contributed by atoms with E-state index >= 15 is 0 Å². The Morgan fingerprint density at radius 2 is 1.74 bits per heavy atom. The van der Waals surface area contributed by atoms with Crippen molar-refractivity contribution in [2.75, 3.05) is 11.9 Å². The number of para-hydroxylation sites is 1. The fourth-order valence-corrected chi connectivity index (χ4v) is 3.34. The molecule has 0 heterocycles. The third kappa shape index (κ3) is 6.02. The van der Waals surface area contributed by atoms with Gasteiger partial charge in [-0.3, -0.25) is 14.4 Å². The molecule has 3 rings (SSSR count). The molecule has 0 aliphatic heterocycles. The molecule has 3 aromatic rings. The Morgan fingerprint density at radius 1 is 1.03 bits per heavy atom. The summed E-state index contributed by atoms with van der Waals surface area (Å²) < 4.78 is 6.21. The van der Waals surface area contributed by atoms with E-state index in [0.29, 0.717) is 28.8 Å². The fraction of sp³-hybridized carbons (Fsp3) is 0.125. The largest absolute Gasteiger partial charge is 0.483 e. The standard InChI is InChI=1S/C24H21BrN2O4/c1-16(17-7-3-2-4-8-17)26-24(30)20-9-5-6-10-21(20)27-23(29)15-31-22-12-11-19(25)13-18(22)14-28/h2-14,16H,15H2,1H3,(H,26,30)(H,27,29). The molecule has 0 aliphatic rings. The van der Waals surface area contributed by atoms with Gasteiger partial charge in [0, 0.05) is 4.47 Å². The molecule has 7 heteroatoms. The zero-order valence-electron chi connectivity index (χ0n) is 16.8. The molecule has 0 spiro atoms. The Balaban J connectivity index is 1.65. The van der Waals surface area contributed by atoms with Crippen LogP contribution in [0.4, 0.5) is 5.69 Å². The lowest BCUT2D eigenvalue weighted by atomic mass is 10.1. The van der Waals surface area contributed by atoms with Crippen LogP contribution in [0.2, 0.25) is 0 Å². The molecule has 0 aliphatic carbocycles. The zero-order valence-corrected chi connectivity index (χ0v) is 18.4. The molecule has 3 aromatic carbocycles. The first-order valence-electron chi connectivity index (χ1n) is 9.60. The minimum atomic E-state index is -0.448. The van der Waals surface area contributed by atoms with E-state index in [9.17, 15) is 14.4 Å². The number of ether oxygens (including phenoxy) is 1. The van der Waals surface area contributed by atoms with Crippen LogP contribution in [0.25, 0.3) is 0 Å². The molecule has 1 atom stereocenters. The predicted molar refractivity (Wildman–Crippen MR) is 122 cm³/mol. The number of benzene rings is 3. The number of hydrogen-bond donors (Lipinski definition) is 2. The van der Waals surface area contributed by atoms with Crippen molar-refractivity contribution in [1.29, 1.82) is 0 Å². The van der Waals surface area contributed by atoms with E-state index < -0.39 is 5.91 Å². The molecule has 2 N–H and O–H groups in total. The molecule has 158 valence electrons. The first-order chi connectivity index (χ1) is 15.0. The van der Waals surface area contributed by atoms with Crippen LogP contribution in [-0.2, 0) is 4.79 Å². The first kappa shape index (κ1) is 22.2. The van der Waals surface area contributed by atoms with Gasteiger partial charge in [-0.25, -0.2) is 0 Å². The van der Waals surface area contributed by atoms with Gasteiger partial charge in [0.2, 0.25) is 0 Å². The van der Waals surface area contributed by atoms with E-state index in [-0.39, 0.29) is 18.6 Å². The number of rotatable bonds is 8. The van der Waals surface area contributed by atoms with Crippen molar-refractivity contribution in [3.05, 3.63) is 94.0 Å². The minimum Gasteiger partial charge on any atom is -0.483 e. The summed E-state index contributed by atoms with van der Waals surface area (Å²) in [5, 5.41) is 5.64. The Kier molecular flexibility index (Phi) is 7.56. The maximum atomic E-state index is 12.8. The van der Waals surface area contributed by atoms with Gasteiger partial charge in [0.1, 0.15) is 5.75 Å². The average Bonchev–Trinajstić information content (AvgIpc) is 2.79. The van der Waals surface area contributed by atoms with Crippen LogP contribution >= 0.6 is 15.9 Å². The molecule has 0 radical (unpaired) electrons. The second-order valence-corrected chi connectivity index (χ2v) is 7.70. The smallest absolute Gasteiger partial charge is 0.262 e. The normalized spacial score (nSPS) is 11.3. The number of carbonyl (C=O) groups is 3. The van der Waals surface area contributed by atoms with E-state index in [1.54, 1.807) is 42.5 Å². The van der Waals surface area contributed by atoms with Gasteiger partial charge in [0.15, 0.2) is 12.9 Å². The minimum absolute atomic E-state index is 0.194. The van der Waals surface area contributed by atoms with Crippen LogP contribution in [0.3, 0.4) is 0 Å². The summed E-state index contributed by atoms with van der Waals surface area (Å²) in [6.07, 6.45) is 0.658. The second kappa shape index (κ2) is 10.5. The molecule has 31 heavy (non-hydrogen) atoms. The Bertz CT molecular complexity index is 1090. The number of amides is 2. The van der Waals surface area contributed by atoms with Crippen molar-refractivity contribution in [2.45, 2.75) is 13.0 Å². The van der Waals surface area contributed by atoms with Gasteiger partial charge in [0.25, 0.3) is 11.8 Å². The van der Waals surface area contributed by atoms with Crippen molar-refractivity contribution in [2.24, 2.45) is 0 Å². The van der Waals surface area contributed by atoms with Gasteiger partial charge in [-0.15, -0.1) is 0 Å². The van der Waals surface area contributed by atoms with Gasteiger partial charge in [0.05, 0.1) is 22.9 Å². The third-order valence-electron chi connectivity index (χ3n) is 4.55. The van der Waals surface area contributed by atoms with Crippen LogP contribution < -0.4 is 15.4 Å². The Labute approximate surface area is 188 Å². The van der Waals surface area contributed by atoms with Crippen LogP contribution in [0.1, 0.15) is 39.2 Å². The predicted octanol–water partition coefficient (Wildman–Crippen LogP) is 4.77. The van der Waals surface area contributed by atoms with Gasteiger partial charge >= 0.3 is 0 Å². The molecule has 0 aromatic heterocycles. The lowest BCUT2D eigenvalue weighted by Gasteiger charge is -2.16. The molecule has 0 bridgehead atoms. The molecule has 2 amide bonds. The summed E-state index contributed by atoms with van der Waals surface area (Å²) >= 11 is 3.28. The average molecular weight is 481 g/mol. The Hall–Kier alpha value is -3.45. The van der Waals surface area contributed by atoms with Crippen LogP contribution in [0.5, 0.6) is 5.75 Å². The van der Waals surface area contributed by atoms with E-state index in [0.717, 1.165) is 10.0 Å². The maximum Gasteiger partial charge on any atom is 0.262 e. The molecule has 0 saturated carbocycles. The van der Waals surface area contributed by atoms with E-state index in [1.165, 1.54) is 0 Å². The van der Waals surface area contributed by atoms with Crippen molar-refractivity contribution in [1.82, 2.24) is 5.32 Å². The molecule has 1 unspecified atom stereocenters. The summed E-state index contributed by atoms with van der Waals surface area (Å²) in [7, 11) is 0. The van der Waals surface area contributed by atoms with E-state index in [1.807, 2.05) is 37.3 Å². The highest BCUT2D eigenvalue weighted by Crippen LogP contribution is 2.22. The summed E-state index contributed by atoms with van der Waals surface area (Å²) in [5.41, 5.74) is 2.03. The lowest BCUT2D eigenvalue weighted by Crippen LogP contribution is -2.28. The summed E-state index contributed by atoms with van der Waals surface area (Å²) in [4.78, 5) is 36.4. The Morgan fingerprint density at radius 3 is 2.48 bits per heavy atom. The number of halogens is 1. The summed E-state index contributed by atoms with van der Waals surface area (Å²) in [6.45, 7) is 1.59. The highest BCUT2D eigenvalue weighted by Gasteiger charge is 2.16. The molecule has 0 fully saturated rings. The van der Waals surface area contributed by atoms with Crippen molar-refractivity contribution < 1.29 is 19.1 Å². The van der Waals surface area contributed by atoms with Crippen molar-refractivity contribution in [3.8, 4) is 5.75 Å². The van der Waals surface area contributed by atoms with Crippen LogP contribution in [0, 0.1) is 0 Å². The maximum absolute atomic E-state index is 12.8. The SMILES string of the molecule is CC(NC(=O)c1ccccc1NC(=O)COc1ccc(Br)cc1C=O)c1ccccc1. The lowest BCUT2D eigenvalue weighted by molar-refractivity contribution is -0.118. The fourth-order valence-electron chi connectivity index (χ4n) is 2.96. The number of carbonyl (C=O) groups excluding carboxylic acids is 3. The highest BCUT2D eigenvalue weighted by atomic mass is 79.9. The summed E-state index contributed by atoms with van der Waals surface area (Å²) in [6, 6.07) is 21.1. The topological polar surface area (TPSA) is 84.5 Å². The van der Waals surface area contributed by atoms with Crippen molar-refractivity contribution >= 4 is 39.7 Å². The molecule has 6 nitrogen and oxygen atoms in total. The molecular formula is C24H21BrN2O4. The number of anilines is 1. The number of nitrogens with one attached hydrogen (secondary N) is 2. The second-order valence-electron chi connectivity index (χ2n) is 6.79. The van der Waals surface area contributed by atoms with Crippen LogP contribution in [-0.4, -0.2) is 24.7 Å². The summed E-state index contributed by atoms with van der Waals surface area (Å²) in [5.74, 6) is -0.448. The quantitative estimate of drug-likeness (QED) is 0.454. The monoisotopic (exact) mass is 480 g/mol. The third-order valence-corrected chi connectivity index (χ3v) is 5.04. The van der Waals surface area contributed by atoms with Gasteiger partial charge in [-0.1, -0.05) is 58.4 Å². The zero-order chi connectivity index (χ0) is 22.2. The van der Waals surface area contributed by atoms with Gasteiger partial charge < -0.3 is 15.4 Å². The highest BCUT2D eigenvalue weighted by molar-refractivity contribution is 9.10. The number of aldehydes is 1. The van der Waals surface area contributed by atoms with Gasteiger partial charge in [-0.2, -0.15) is 0 Å². The van der Waals surface area contributed by atoms with E-state index in [2.05, 4.69) is 26.6 Å². The van der Waals surface area contributed by atoms with Gasteiger partial charge in [-0.05, 0) is 42.8 Å². The van der Waals surface area contributed by atoms with E-state index in [4.69, 9.17) is 4.74 Å². The first-order valence-corrected chi connectivity index (χ1v) is 10.4. The molecule has 0 saturated heterocycles. The van der Waals surface area contributed by atoms with Crippen LogP contribution in [0.15, 0.2) is 77.3 Å². The molecular weight excluding hydrogens is 460 g/mol.